The molecule has 3 aromatic rings. The number of esters is 1. The van der Waals surface area contributed by atoms with Crippen LogP contribution in [0.4, 0.5) is 11.4 Å². The van der Waals surface area contributed by atoms with Crippen LogP contribution in [-0.2, 0) is 41.1 Å². The molecule has 1 aromatic heterocycles. The molecule has 12 nitrogen and oxygen atoms in total. The second-order valence-electron chi connectivity index (χ2n) is 10.2. The Balaban J connectivity index is 1.39. The molecule has 1 saturated heterocycles. The number of carbonyl (C=O) groups excluding carboxylic acids is 4. The highest BCUT2D eigenvalue weighted by atomic mass is 32.2. The lowest BCUT2D eigenvalue weighted by atomic mass is 9.76. The van der Waals surface area contributed by atoms with Crippen LogP contribution >= 0.6 is 23.1 Å². The van der Waals surface area contributed by atoms with Gasteiger partial charge < -0.3 is 10.1 Å². The molecule has 2 aliphatic heterocycles. The SMILES string of the molecule is CCOC(=O)c1ccc(N2C(=O)C3Sc4c(sc(=O)n4CC(=O)Nc4ccc(S(N)(=O)=O)cc4)C(C)(C)C3C2=O)cc1. The van der Waals surface area contributed by atoms with E-state index >= 15 is 0 Å². The number of hydrogen-bond donors (Lipinski definition) is 2. The number of imide groups is 1. The second kappa shape index (κ2) is 10.8. The molecule has 2 aromatic carbocycles. The van der Waals surface area contributed by atoms with E-state index in [1.54, 1.807) is 20.8 Å². The van der Waals surface area contributed by atoms with Gasteiger partial charge in [-0.3, -0.25) is 23.7 Å². The van der Waals surface area contributed by atoms with Gasteiger partial charge in [-0.05, 0) is 55.5 Å². The van der Waals surface area contributed by atoms with E-state index in [1.165, 1.54) is 53.1 Å². The molecule has 2 aliphatic rings. The number of nitrogens with one attached hydrogen (secondary N) is 1. The maximum atomic E-state index is 13.7. The van der Waals surface area contributed by atoms with Gasteiger partial charge >= 0.3 is 10.8 Å². The van der Waals surface area contributed by atoms with Gasteiger partial charge in [0.25, 0.3) is 0 Å². The zero-order valence-corrected chi connectivity index (χ0v) is 25.1. The van der Waals surface area contributed by atoms with E-state index in [0.29, 0.717) is 21.3 Å². The molecule has 42 heavy (non-hydrogen) atoms. The molecule has 220 valence electrons. The van der Waals surface area contributed by atoms with Crippen LogP contribution < -0.4 is 20.2 Å². The molecule has 0 bridgehead atoms. The summed E-state index contributed by atoms with van der Waals surface area (Å²) in [6.45, 7) is 5.15. The van der Waals surface area contributed by atoms with E-state index in [-0.39, 0.29) is 23.6 Å². The fourth-order valence-corrected chi connectivity index (χ4v) is 8.61. The average Bonchev–Trinajstić information content (AvgIpc) is 3.37. The van der Waals surface area contributed by atoms with Gasteiger partial charge in [-0.1, -0.05) is 36.9 Å². The summed E-state index contributed by atoms with van der Waals surface area (Å²) in [5.74, 6) is -2.68. The number of primary sulfonamides is 1. The van der Waals surface area contributed by atoms with Crippen LogP contribution in [0, 0.1) is 5.92 Å². The van der Waals surface area contributed by atoms with Crippen molar-refractivity contribution in [1.82, 2.24) is 4.57 Å². The van der Waals surface area contributed by atoms with Gasteiger partial charge in [0, 0.05) is 16.0 Å². The van der Waals surface area contributed by atoms with Crippen LogP contribution in [0.2, 0.25) is 0 Å². The second-order valence-corrected chi connectivity index (χ2v) is 13.9. The number of fused-ring (bicyclic) bond motifs is 2. The number of thioether (sulfide) groups is 1. The lowest BCUT2D eigenvalue weighted by Gasteiger charge is -2.36. The van der Waals surface area contributed by atoms with Gasteiger partial charge in [-0.25, -0.2) is 23.3 Å². The Labute approximate surface area is 248 Å². The summed E-state index contributed by atoms with van der Waals surface area (Å²) in [6, 6.07) is 11.3. The number of nitrogens with zero attached hydrogens (tertiary/aromatic N) is 2. The van der Waals surface area contributed by atoms with E-state index in [9.17, 15) is 32.4 Å². The summed E-state index contributed by atoms with van der Waals surface area (Å²) < 4.78 is 29.2. The number of ether oxygens (including phenoxy) is 1. The summed E-state index contributed by atoms with van der Waals surface area (Å²) in [5, 5.41) is 7.34. The molecular formula is C27H26N4O8S3. The van der Waals surface area contributed by atoms with Gasteiger partial charge in [-0.15, -0.1) is 0 Å². The summed E-state index contributed by atoms with van der Waals surface area (Å²) >= 11 is 2.01. The fourth-order valence-electron chi connectivity index (χ4n) is 5.05. The molecule has 2 unspecified atom stereocenters. The molecule has 15 heteroatoms. The van der Waals surface area contributed by atoms with Crippen LogP contribution in [0.5, 0.6) is 0 Å². The van der Waals surface area contributed by atoms with Crippen molar-refractivity contribution in [2.45, 2.75) is 47.9 Å². The molecule has 0 radical (unpaired) electrons. The molecule has 3 amide bonds. The van der Waals surface area contributed by atoms with E-state index in [0.717, 1.165) is 28.0 Å². The van der Waals surface area contributed by atoms with Crippen molar-refractivity contribution in [3.8, 4) is 0 Å². The Kier molecular flexibility index (Phi) is 7.64. The molecule has 3 N–H and O–H groups in total. The first-order valence-electron chi connectivity index (χ1n) is 12.7. The first kappa shape index (κ1) is 29.7. The minimum atomic E-state index is -3.89. The minimum absolute atomic E-state index is 0.114. The molecule has 5 rings (SSSR count). The number of thiazole rings is 1. The Bertz CT molecular complexity index is 1780. The molecule has 0 saturated carbocycles. The largest absolute Gasteiger partial charge is 0.462 e. The highest BCUT2D eigenvalue weighted by molar-refractivity contribution is 8.01. The number of carbonyl (C=O) groups is 4. The van der Waals surface area contributed by atoms with Gasteiger partial charge in [-0.2, -0.15) is 0 Å². The third kappa shape index (κ3) is 5.17. The van der Waals surface area contributed by atoms with Crippen LogP contribution in [0.15, 0.2) is 63.2 Å². The van der Waals surface area contributed by atoms with E-state index in [1.807, 2.05) is 0 Å². The van der Waals surface area contributed by atoms with Crippen LogP contribution in [0.25, 0.3) is 0 Å². The Morgan fingerprint density at radius 3 is 2.26 bits per heavy atom. The summed E-state index contributed by atoms with van der Waals surface area (Å²) in [4.78, 5) is 66.4. The fraction of sp³-hybridized carbons (Fsp3) is 0.296. The summed E-state index contributed by atoms with van der Waals surface area (Å²) in [6.07, 6.45) is 0. The molecule has 0 aliphatic carbocycles. The topological polar surface area (TPSA) is 175 Å². The van der Waals surface area contributed by atoms with Gasteiger partial charge in [0.15, 0.2) is 0 Å². The number of aromatic nitrogens is 1. The highest BCUT2D eigenvalue weighted by Crippen LogP contribution is 2.54. The Morgan fingerprint density at radius 1 is 1.02 bits per heavy atom. The number of amides is 3. The maximum absolute atomic E-state index is 13.7. The van der Waals surface area contributed by atoms with Crippen molar-refractivity contribution in [3.05, 3.63) is 68.6 Å². The summed E-state index contributed by atoms with van der Waals surface area (Å²) in [7, 11) is -3.89. The van der Waals surface area contributed by atoms with Crippen molar-refractivity contribution in [1.29, 1.82) is 0 Å². The number of hydrogen-bond acceptors (Lipinski definition) is 10. The van der Waals surface area contributed by atoms with Gasteiger partial charge in [0.05, 0.1) is 33.7 Å². The van der Waals surface area contributed by atoms with Gasteiger partial charge in [0.1, 0.15) is 11.8 Å². The van der Waals surface area contributed by atoms with E-state index in [4.69, 9.17) is 9.88 Å². The average molecular weight is 631 g/mol. The number of rotatable bonds is 7. The van der Waals surface area contributed by atoms with E-state index < -0.39 is 55.2 Å². The maximum Gasteiger partial charge on any atom is 0.338 e. The van der Waals surface area contributed by atoms with Crippen LogP contribution in [0.1, 0.15) is 36.0 Å². The third-order valence-corrected chi connectivity index (χ3v) is 10.9. The Hall–Kier alpha value is -3.79. The van der Waals surface area contributed by atoms with Crippen molar-refractivity contribution in [2.24, 2.45) is 11.1 Å². The van der Waals surface area contributed by atoms with Crippen molar-refractivity contribution >= 4 is 68.2 Å². The quantitative estimate of drug-likeness (QED) is 0.293. The number of anilines is 2. The zero-order chi connectivity index (χ0) is 30.6. The predicted octanol–water partition coefficient (Wildman–Crippen LogP) is 2.31. The third-order valence-electron chi connectivity index (χ3n) is 7.11. The summed E-state index contributed by atoms with van der Waals surface area (Å²) in [5.41, 5.74) is 0.0139. The number of sulfonamides is 1. The predicted molar refractivity (Wildman–Crippen MR) is 156 cm³/mol. The lowest BCUT2D eigenvalue weighted by molar-refractivity contribution is -0.123. The molecular weight excluding hydrogens is 605 g/mol. The normalized spacial score (nSPS) is 19.3. The molecule has 3 heterocycles. The monoisotopic (exact) mass is 630 g/mol. The first-order valence-corrected chi connectivity index (χ1v) is 16.0. The molecule has 2 atom stereocenters. The zero-order valence-electron chi connectivity index (χ0n) is 22.7. The van der Waals surface area contributed by atoms with Crippen molar-refractivity contribution in [2.75, 3.05) is 16.8 Å². The first-order chi connectivity index (χ1) is 19.7. The number of nitrogens with two attached hydrogens (primary N) is 1. The minimum Gasteiger partial charge on any atom is -0.462 e. The highest BCUT2D eigenvalue weighted by Gasteiger charge is 2.59. The standard InChI is InChI=1S/C27H26N4O8S3/c1-4-39-25(35)14-5-9-16(10-6-14)31-22(33)19-20(23(31)34)40-24-21(27(19,2)3)41-26(36)30(24)13-18(32)29-15-7-11-17(12-8-15)42(28,37)38/h5-12,19-20H,4,13H2,1-3H3,(H,29,32)(H2,28,37,38). The van der Waals surface area contributed by atoms with Crippen molar-refractivity contribution < 1.29 is 32.3 Å². The van der Waals surface area contributed by atoms with Crippen molar-refractivity contribution in [3.63, 3.8) is 0 Å². The number of benzene rings is 2. The molecule has 0 spiro atoms. The van der Waals surface area contributed by atoms with Crippen LogP contribution in [-0.4, -0.2) is 48.5 Å². The Morgan fingerprint density at radius 2 is 1.67 bits per heavy atom. The van der Waals surface area contributed by atoms with E-state index in [2.05, 4.69) is 5.32 Å². The van der Waals surface area contributed by atoms with Gasteiger partial charge in [0.2, 0.25) is 27.7 Å². The van der Waals surface area contributed by atoms with Crippen LogP contribution in [0.3, 0.4) is 0 Å². The smallest absolute Gasteiger partial charge is 0.338 e. The lowest BCUT2D eigenvalue weighted by Crippen LogP contribution is -2.41. The molecule has 1 fully saturated rings.